The Balaban J connectivity index is 1.64. The Morgan fingerprint density at radius 2 is 1.80 bits per heavy atom. The van der Waals surface area contributed by atoms with Crippen LogP contribution in [0.15, 0.2) is 48.5 Å². The molecular formula is C19H20IN3O2. The molecule has 1 heterocycles. The van der Waals surface area contributed by atoms with Gasteiger partial charge in [0.15, 0.2) is 0 Å². The number of nitrogens with zero attached hydrogens (tertiary/aromatic N) is 2. The molecule has 2 aromatic carbocycles. The first-order valence-electron chi connectivity index (χ1n) is 8.16. The molecule has 0 spiro atoms. The summed E-state index contributed by atoms with van der Waals surface area (Å²) in [6.45, 7) is 1.99. The monoisotopic (exact) mass is 449 g/mol. The molecule has 6 heteroatoms. The highest BCUT2D eigenvalue weighted by atomic mass is 127. The van der Waals surface area contributed by atoms with Gasteiger partial charge in [-0.1, -0.05) is 30.3 Å². The average Bonchev–Trinajstić information content (AvgIpc) is 2.79. The maximum atomic E-state index is 12.6. The maximum Gasteiger partial charge on any atom is 0.252 e. The zero-order chi connectivity index (χ0) is 17.8. The van der Waals surface area contributed by atoms with Gasteiger partial charge in [-0.3, -0.25) is 9.59 Å². The molecule has 0 saturated carbocycles. The van der Waals surface area contributed by atoms with E-state index in [4.69, 9.17) is 0 Å². The number of carbonyl (C=O) groups excluding carboxylic acids is 2. The molecule has 1 aliphatic rings. The van der Waals surface area contributed by atoms with Gasteiger partial charge in [0.05, 0.1) is 12.1 Å². The number of amides is 2. The van der Waals surface area contributed by atoms with Crippen molar-refractivity contribution >= 4 is 40.1 Å². The van der Waals surface area contributed by atoms with Crippen molar-refractivity contribution in [3.8, 4) is 0 Å². The Morgan fingerprint density at radius 1 is 1.08 bits per heavy atom. The highest BCUT2D eigenvalue weighted by molar-refractivity contribution is 14.1. The van der Waals surface area contributed by atoms with Gasteiger partial charge in [-0.15, -0.1) is 0 Å². The van der Waals surface area contributed by atoms with E-state index >= 15 is 0 Å². The normalized spacial score (nSPS) is 13.8. The standard InChI is InChI=1S/C19H20IN3O2/c1-22-10-11-23(13-14-6-2-5-9-17(14)22)18(24)12-21-19(25)15-7-3-4-8-16(15)20/h2-9H,10-13H2,1H3,(H,21,25). The Kier molecular flexibility index (Phi) is 5.57. The van der Waals surface area contributed by atoms with Crippen molar-refractivity contribution in [2.24, 2.45) is 0 Å². The van der Waals surface area contributed by atoms with Gasteiger partial charge in [-0.2, -0.15) is 0 Å². The van der Waals surface area contributed by atoms with Crippen LogP contribution in [-0.4, -0.2) is 43.4 Å². The van der Waals surface area contributed by atoms with E-state index in [9.17, 15) is 9.59 Å². The topological polar surface area (TPSA) is 52.6 Å². The lowest BCUT2D eigenvalue weighted by Gasteiger charge is -2.21. The number of benzene rings is 2. The maximum absolute atomic E-state index is 12.6. The van der Waals surface area contributed by atoms with Crippen LogP contribution in [0.1, 0.15) is 15.9 Å². The third-order valence-corrected chi connectivity index (χ3v) is 5.28. The third-order valence-electron chi connectivity index (χ3n) is 4.34. The molecule has 1 aliphatic heterocycles. The summed E-state index contributed by atoms with van der Waals surface area (Å²) >= 11 is 2.12. The SMILES string of the molecule is CN1CCN(C(=O)CNC(=O)c2ccccc2I)Cc2ccccc21. The fraction of sp³-hybridized carbons (Fsp3) is 0.263. The number of hydrogen-bond donors (Lipinski definition) is 1. The summed E-state index contributed by atoms with van der Waals surface area (Å²) in [7, 11) is 2.03. The molecule has 2 amide bonds. The zero-order valence-corrected chi connectivity index (χ0v) is 16.2. The van der Waals surface area contributed by atoms with Gasteiger partial charge in [0.2, 0.25) is 5.91 Å². The Labute approximate surface area is 161 Å². The molecule has 3 rings (SSSR count). The molecule has 5 nitrogen and oxygen atoms in total. The minimum atomic E-state index is -0.217. The average molecular weight is 449 g/mol. The summed E-state index contributed by atoms with van der Waals surface area (Å²) in [5.74, 6) is -0.282. The molecule has 1 N–H and O–H groups in total. The van der Waals surface area contributed by atoms with E-state index in [0.29, 0.717) is 18.7 Å². The van der Waals surface area contributed by atoms with Crippen LogP contribution >= 0.6 is 22.6 Å². The van der Waals surface area contributed by atoms with Crippen molar-refractivity contribution in [3.63, 3.8) is 0 Å². The van der Waals surface area contributed by atoms with E-state index < -0.39 is 0 Å². The number of fused-ring (bicyclic) bond motifs is 1. The highest BCUT2D eigenvalue weighted by Gasteiger charge is 2.21. The number of para-hydroxylation sites is 1. The van der Waals surface area contributed by atoms with Crippen LogP contribution in [0.4, 0.5) is 5.69 Å². The number of hydrogen-bond acceptors (Lipinski definition) is 3. The first kappa shape index (κ1) is 17.7. The highest BCUT2D eigenvalue weighted by Crippen LogP contribution is 2.23. The van der Waals surface area contributed by atoms with E-state index in [0.717, 1.165) is 21.4 Å². The van der Waals surface area contributed by atoms with E-state index in [1.165, 1.54) is 0 Å². The molecule has 0 radical (unpaired) electrons. The summed E-state index contributed by atoms with van der Waals surface area (Å²) < 4.78 is 0.871. The Morgan fingerprint density at radius 3 is 2.60 bits per heavy atom. The molecule has 130 valence electrons. The van der Waals surface area contributed by atoms with E-state index in [-0.39, 0.29) is 18.4 Å². The lowest BCUT2D eigenvalue weighted by molar-refractivity contribution is -0.130. The predicted octanol–water partition coefficient (Wildman–Crippen LogP) is 2.50. The predicted molar refractivity (Wildman–Crippen MR) is 107 cm³/mol. The van der Waals surface area contributed by atoms with Crippen LogP contribution in [-0.2, 0) is 11.3 Å². The van der Waals surface area contributed by atoms with Crippen molar-refractivity contribution < 1.29 is 9.59 Å². The Bertz CT molecular complexity index is 794. The molecule has 0 saturated heterocycles. The number of likely N-dealkylation sites (N-methyl/N-ethyl adjacent to an activating group) is 1. The van der Waals surface area contributed by atoms with Gasteiger partial charge in [0.25, 0.3) is 5.91 Å². The van der Waals surface area contributed by atoms with Crippen molar-refractivity contribution in [3.05, 3.63) is 63.2 Å². The van der Waals surface area contributed by atoms with E-state index in [1.54, 1.807) is 11.0 Å². The fourth-order valence-corrected chi connectivity index (χ4v) is 3.55. The second-order valence-electron chi connectivity index (χ2n) is 6.03. The lowest BCUT2D eigenvalue weighted by atomic mass is 10.1. The van der Waals surface area contributed by atoms with Gasteiger partial charge in [0.1, 0.15) is 0 Å². The minimum absolute atomic E-state index is 0.00961. The summed E-state index contributed by atoms with van der Waals surface area (Å²) in [4.78, 5) is 28.8. The quantitative estimate of drug-likeness (QED) is 0.733. The van der Waals surface area contributed by atoms with Crippen LogP contribution in [0.2, 0.25) is 0 Å². The van der Waals surface area contributed by atoms with Crippen molar-refractivity contribution in [2.75, 3.05) is 31.6 Å². The third kappa shape index (κ3) is 4.12. The number of halogens is 1. The van der Waals surface area contributed by atoms with Crippen LogP contribution < -0.4 is 10.2 Å². The molecule has 0 aliphatic carbocycles. The van der Waals surface area contributed by atoms with Crippen molar-refractivity contribution in [1.29, 1.82) is 0 Å². The Hall–Kier alpha value is -2.09. The second-order valence-corrected chi connectivity index (χ2v) is 7.19. The molecule has 0 aromatic heterocycles. The first-order chi connectivity index (χ1) is 12.1. The molecule has 0 bridgehead atoms. The summed E-state index contributed by atoms with van der Waals surface area (Å²) in [5, 5.41) is 2.74. The van der Waals surface area contributed by atoms with Gasteiger partial charge >= 0.3 is 0 Å². The van der Waals surface area contributed by atoms with Crippen LogP contribution in [0.25, 0.3) is 0 Å². The van der Waals surface area contributed by atoms with Gasteiger partial charge < -0.3 is 15.1 Å². The molecule has 2 aromatic rings. The number of rotatable bonds is 3. The molecule has 25 heavy (non-hydrogen) atoms. The number of nitrogens with one attached hydrogen (secondary N) is 1. The zero-order valence-electron chi connectivity index (χ0n) is 14.0. The smallest absolute Gasteiger partial charge is 0.252 e. The number of carbonyl (C=O) groups is 2. The molecule has 0 fully saturated rings. The van der Waals surface area contributed by atoms with Gasteiger partial charge in [-0.05, 0) is 46.4 Å². The molecule has 0 atom stereocenters. The largest absolute Gasteiger partial charge is 0.373 e. The summed E-state index contributed by atoms with van der Waals surface area (Å²) in [6, 6.07) is 15.5. The lowest BCUT2D eigenvalue weighted by Crippen LogP contribution is -2.41. The second kappa shape index (κ2) is 7.86. The van der Waals surface area contributed by atoms with Crippen LogP contribution in [0.5, 0.6) is 0 Å². The van der Waals surface area contributed by atoms with Crippen molar-refractivity contribution in [2.45, 2.75) is 6.54 Å². The van der Waals surface area contributed by atoms with Crippen LogP contribution in [0.3, 0.4) is 0 Å². The van der Waals surface area contributed by atoms with Crippen LogP contribution in [0, 0.1) is 3.57 Å². The fourth-order valence-electron chi connectivity index (χ4n) is 2.91. The summed E-state index contributed by atoms with van der Waals surface area (Å²) in [6.07, 6.45) is 0. The summed E-state index contributed by atoms with van der Waals surface area (Å²) in [5.41, 5.74) is 2.87. The number of anilines is 1. The van der Waals surface area contributed by atoms with E-state index in [2.05, 4.69) is 38.9 Å². The van der Waals surface area contributed by atoms with E-state index in [1.807, 2.05) is 43.4 Å². The van der Waals surface area contributed by atoms with Gasteiger partial charge in [0, 0.05) is 35.9 Å². The molecule has 0 unspecified atom stereocenters. The van der Waals surface area contributed by atoms with Gasteiger partial charge in [-0.25, -0.2) is 0 Å². The minimum Gasteiger partial charge on any atom is -0.373 e. The molecular weight excluding hydrogens is 429 g/mol. The van der Waals surface area contributed by atoms with Crippen molar-refractivity contribution in [1.82, 2.24) is 10.2 Å². The first-order valence-corrected chi connectivity index (χ1v) is 9.23.